The topological polar surface area (TPSA) is 89.3 Å². The summed E-state index contributed by atoms with van der Waals surface area (Å²) >= 11 is 0. The van der Waals surface area contributed by atoms with Gasteiger partial charge in [0.2, 0.25) is 0 Å². The Hall–Kier alpha value is -2.67. The molecule has 0 amide bonds. The standard InChI is InChI=1S/C16H16N2O4S/c1-12-7-6-10-15(13(12)2)17-11-16(18(19)20)23(21,22)14-8-4-3-5-9-14/h3-11,17H,1-2H3. The Morgan fingerprint density at radius 1 is 1.09 bits per heavy atom. The molecule has 2 aromatic rings. The van der Waals surface area contributed by atoms with Crippen LogP contribution in [-0.2, 0) is 9.84 Å². The number of nitrogens with one attached hydrogen (secondary N) is 1. The van der Waals surface area contributed by atoms with Gasteiger partial charge in [-0.25, -0.2) is 8.42 Å². The van der Waals surface area contributed by atoms with Crippen molar-refractivity contribution in [3.05, 3.63) is 81.0 Å². The highest BCUT2D eigenvalue weighted by Crippen LogP contribution is 2.22. The van der Waals surface area contributed by atoms with Gasteiger partial charge in [-0.1, -0.05) is 30.3 Å². The normalized spacial score (nSPS) is 12.0. The molecule has 7 heteroatoms. The molecule has 0 aliphatic heterocycles. The first kappa shape index (κ1) is 16.7. The van der Waals surface area contributed by atoms with E-state index in [9.17, 15) is 18.5 Å². The highest BCUT2D eigenvalue weighted by molar-refractivity contribution is 7.95. The number of aryl methyl sites for hydroxylation is 1. The maximum absolute atomic E-state index is 12.4. The minimum atomic E-state index is -4.19. The van der Waals surface area contributed by atoms with E-state index in [0.29, 0.717) is 5.69 Å². The van der Waals surface area contributed by atoms with Crippen molar-refractivity contribution in [3.63, 3.8) is 0 Å². The number of nitrogens with zero attached hydrogens (tertiary/aromatic N) is 1. The molecular weight excluding hydrogens is 316 g/mol. The van der Waals surface area contributed by atoms with Crippen molar-refractivity contribution in [2.75, 3.05) is 5.32 Å². The highest BCUT2D eigenvalue weighted by atomic mass is 32.2. The zero-order chi connectivity index (χ0) is 17.0. The molecule has 0 aliphatic carbocycles. The fourth-order valence-corrected chi connectivity index (χ4v) is 3.16. The maximum atomic E-state index is 12.4. The molecule has 0 fully saturated rings. The third-order valence-electron chi connectivity index (χ3n) is 3.46. The second kappa shape index (κ2) is 6.62. The minimum Gasteiger partial charge on any atom is -0.355 e. The number of nitro groups is 1. The van der Waals surface area contributed by atoms with E-state index >= 15 is 0 Å². The average molecular weight is 332 g/mol. The number of rotatable bonds is 5. The molecule has 0 radical (unpaired) electrons. The minimum absolute atomic E-state index is 0.120. The lowest BCUT2D eigenvalue weighted by Crippen LogP contribution is -2.14. The van der Waals surface area contributed by atoms with Crippen molar-refractivity contribution in [1.82, 2.24) is 0 Å². The molecule has 1 N–H and O–H groups in total. The van der Waals surface area contributed by atoms with Crippen molar-refractivity contribution < 1.29 is 13.3 Å². The van der Waals surface area contributed by atoms with Crippen LogP contribution in [0.2, 0.25) is 0 Å². The number of hydrogen-bond donors (Lipinski definition) is 1. The third kappa shape index (κ3) is 3.57. The fourth-order valence-electron chi connectivity index (χ4n) is 2.00. The fraction of sp³-hybridized carbons (Fsp3) is 0.125. The quantitative estimate of drug-likeness (QED) is 0.670. The van der Waals surface area contributed by atoms with E-state index < -0.39 is 19.8 Å². The summed E-state index contributed by atoms with van der Waals surface area (Å²) in [7, 11) is -4.19. The second-order valence-electron chi connectivity index (χ2n) is 4.95. The summed E-state index contributed by atoms with van der Waals surface area (Å²) in [5.74, 6) is 0. The predicted octanol–water partition coefficient (Wildman–Crippen LogP) is 3.26. The van der Waals surface area contributed by atoms with Crippen molar-refractivity contribution in [3.8, 4) is 0 Å². The van der Waals surface area contributed by atoms with Gasteiger partial charge in [0, 0.05) is 5.69 Å². The van der Waals surface area contributed by atoms with Gasteiger partial charge >= 0.3 is 5.03 Å². The summed E-state index contributed by atoms with van der Waals surface area (Å²) in [6.07, 6.45) is 0.921. The summed E-state index contributed by atoms with van der Waals surface area (Å²) in [4.78, 5) is 10.2. The van der Waals surface area contributed by atoms with Crippen LogP contribution >= 0.6 is 0 Å². The van der Waals surface area contributed by atoms with Crippen molar-refractivity contribution in [2.24, 2.45) is 0 Å². The van der Waals surface area contributed by atoms with Crippen molar-refractivity contribution >= 4 is 15.5 Å². The van der Waals surface area contributed by atoms with E-state index in [2.05, 4.69) is 5.32 Å². The summed E-state index contributed by atoms with van der Waals surface area (Å²) < 4.78 is 24.8. The molecule has 23 heavy (non-hydrogen) atoms. The molecule has 0 bridgehead atoms. The van der Waals surface area contributed by atoms with E-state index in [0.717, 1.165) is 17.3 Å². The molecule has 2 rings (SSSR count). The van der Waals surface area contributed by atoms with Gasteiger partial charge in [-0.05, 0) is 43.2 Å². The van der Waals surface area contributed by atoms with E-state index in [1.807, 2.05) is 19.9 Å². The van der Waals surface area contributed by atoms with E-state index in [1.165, 1.54) is 24.3 Å². The van der Waals surface area contributed by atoms with Crippen molar-refractivity contribution in [1.29, 1.82) is 0 Å². The zero-order valence-corrected chi connectivity index (χ0v) is 13.5. The Balaban J connectivity index is 2.43. The van der Waals surface area contributed by atoms with E-state index in [1.54, 1.807) is 18.2 Å². The molecule has 0 unspecified atom stereocenters. The molecule has 120 valence electrons. The summed E-state index contributed by atoms with van der Waals surface area (Å²) in [6, 6.07) is 12.7. The van der Waals surface area contributed by atoms with Crippen LogP contribution in [0.5, 0.6) is 0 Å². The first-order valence-electron chi connectivity index (χ1n) is 6.81. The molecule has 0 aliphatic rings. The van der Waals surface area contributed by atoms with Crippen LogP contribution in [0.3, 0.4) is 0 Å². The molecule has 0 saturated heterocycles. The van der Waals surface area contributed by atoms with Gasteiger partial charge in [-0.3, -0.25) is 10.1 Å². The van der Waals surface area contributed by atoms with Crippen molar-refractivity contribution in [2.45, 2.75) is 18.7 Å². The van der Waals surface area contributed by atoms with Gasteiger partial charge in [0.15, 0.2) is 0 Å². The van der Waals surface area contributed by atoms with Crippen LogP contribution < -0.4 is 5.32 Å². The first-order valence-corrected chi connectivity index (χ1v) is 8.30. The van der Waals surface area contributed by atoms with Crippen LogP contribution in [0.15, 0.2) is 64.7 Å². The van der Waals surface area contributed by atoms with Gasteiger partial charge in [-0.15, -0.1) is 0 Å². The van der Waals surface area contributed by atoms with Gasteiger partial charge in [0.05, 0.1) is 16.0 Å². The number of benzene rings is 2. The van der Waals surface area contributed by atoms with Gasteiger partial charge in [-0.2, -0.15) is 0 Å². The molecule has 0 atom stereocenters. The Bertz CT molecular complexity index is 859. The smallest absolute Gasteiger partial charge is 0.355 e. The third-order valence-corrected chi connectivity index (χ3v) is 5.17. The van der Waals surface area contributed by atoms with Gasteiger partial charge in [0.25, 0.3) is 9.84 Å². The molecule has 0 heterocycles. The van der Waals surface area contributed by atoms with Crippen LogP contribution in [0.4, 0.5) is 5.69 Å². The predicted molar refractivity (Wildman–Crippen MR) is 88.2 cm³/mol. The molecule has 6 nitrogen and oxygen atoms in total. The summed E-state index contributed by atoms with van der Waals surface area (Å²) in [5.41, 5.74) is 2.51. The second-order valence-corrected chi connectivity index (χ2v) is 6.84. The molecule has 0 spiro atoms. The first-order chi connectivity index (χ1) is 10.8. The van der Waals surface area contributed by atoms with E-state index in [-0.39, 0.29) is 4.90 Å². The Morgan fingerprint density at radius 2 is 1.74 bits per heavy atom. The summed E-state index contributed by atoms with van der Waals surface area (Å²) in [6.45, 7) is 3.75. The lowest BCUT2D eigenvalue weighted by atomic mass is 10.1. The molecular formula is C16H16N2O4S. The Labute approximate surface area is 134 Å². The van der Waals surface area contributed by atoms with Gasteiger partial charge < -0.3 is 5.32 Å². The summed E-state index contributed by atoms with van der Waals surface area (Å²) in [5, 5.41) is 13.0. The largest absolute Gasteiger partial charge is 0.379 e. The van der Waals surface area contributed by atoms with Crippen LogP contribution in [0, 0.1) is 24.0 Å². The molecule has 0 saturated carbocycles. The molecule has 0 aromatic heterocycles. The number of hydrogen-bond acceptors (Lipinski definition) is 5. The zero-order valence-electron chi connectivity index (χ0n) is 12.7. The SMILES string of the molecule is Cc1cccc(NC=C([N+](=O)[O-])S(=O)(=O)c2ccccc2)c1C. The molecule has 2 aromatic carbocycles. The average Bonchev–Trinajstić information content (AvgIpc) is 2.52. The monoisotopic (exact) mass is 332 g/mol. The Kier molecular flexibility index (Phi) is 4.80. The Morgan fingerprint density at radius 3 is 2.35 bits per heavy atom. The lowest BCUT2D eigenvalue weighted by molar-refractivity contribution is -0.411. The number of sulfone groups is 1. The van der Waals surface area contributed by atoms with Crippen LogP contribution in [0.25, 0.3) is 0 Å². The van der Waals surface area contributed by atoms with Crippen LogP contribution in [0.1, 0.15) is 11.1 Å². The lowest BCUT2D eigenvalue weighted by Gasteiger charge is -2.08. The number of anilines is 1. The van der Waals surface area contributed by atoms with E-state index in [4.69, 9.17) is 0 Å². The highest BCUT2D eigenvalue weighted by Gasteiger charge is 2.31. The maximum Gasteiger partial charge on any atom is 0.379 e. The van der Waals surface area contributed by atoms with Crippen LogP contribution in [-0.4, -0.2) is 13.3 Å². The van der Waals surface area contributed by atoms with Gasteiger partial charge in [0.1, 0.15) is 0 Å².